The van der Waals surface area contributed by atoms with E-state index in [1.165, 1.54) is 22.2 Å². The van der Waals surface area contributed by atoms with Crippen LogP contribution in [0.1, 0.15) is 21.3 Å². The van der Waals surface area contributed by atoms with Gasteiger partial charge in [-0.2, -0.15) is 5.10 Å². The maximum atomic E-state index is 12.0. The van der Waals surface area contributed by atoms with Gasteiger partial charge < -0.3 is 10.4 Å². The number of rotatable bonds is 4. The Labute approximate surface area is 121 Å². The van der Waals surface area contributed by atoms with Gasteiger partial charge >= 0.3 is 5.97 Å². The highest BCUT2D eigenvalue weighted by atomic mass is 79.9. The number of hydrogen-bond acceptors (Lipinski definition) is 4. The van der Waals surface area contributed by atoms with Crippen molar-refractivity contribution in [3.05, 3.63) is 38.8 Å². The van der Waals surface area contributed by atoms with Gasteiger partial charge in [-0.1, -0.05) is 0 Å². The predicted octanol–water partition coefficient (Wildman–Crippen LogP) is 1.80. The van der Waals surface area contributed by atoms with Crippen molar-refractivity contribution in [2.24, 2.45) is 7.05 Å². The van der Waals surface area contributed by atoms with Gasteiger partial charge in [0.25, 0.3) is 5.91 Å². The number of halogens is 1. The minimum absolute atomic E-state index is 0.427. The van der Waals surface area contributed by atoms with E-state index in [9.17, 15) is 14.7 Å². The Morgan fingerprint density at radius 2 is 2.32 bits per heavy atom. The fraction of sp³-hybridized carbons (Fsp3) is 0.182. The molecule has 2 aromatic heterocycles. The molecule has 0 aromatic carbocycles. The monoisotopic (exact) mass is 343 g/mol. The Hall–Kier alpha value is -1.67. The summed E-state index contributed by atoms with van der Waals surface area (Å²) in [5.74, 6) is -1.56. The van der Waals surface area contributed by atoms with Crippen LogP contribution in [0.15, 0.2) is 28.3 Å². The van der Waals surface area contributed by atoms with Crippen LogP contribution in [0.5, 0.6) is 0 Å². The predicted molar refractivity (Wildman–Crippen MR) is 73.1 cm³/mol. The molecule has 1 amide bonds. The first-order valence-corrected chi connectivity index (χ1v) is 6.91. The lowest BCUT2D eigenvalue weighted by atomic mass is 10.1. The van der Waals surface area contributed by atoms with Crippen LogP contribution in [0.4, 0.5) is 0 Å². The highest BCUT2D eigenvalue weighted by Crippen LogP contribution is 2.23. The van der Waals surface area contributed by atoms with E-state index in [1.807, 2.05) is 0 Å². The molecule has 2 rings (SSSR count). The van der Waals surface area contributed by atoms with Crippen LogP contribution in [0.2, 0.25) is 0 Å². The van der Waals surface area contributed by atoms with E-state index in [1.54, 1.807) is 24.7 Å². The number of amides is 1. The van der Waals surface area contributed by atoms with Gasteiger partial charge in [0.05, 0.1) is 6.20 Å². The van der Waals surface area contributed by atoms with Gasteiger partial charge in [0.2, 0.25) is 0 Å². The molecule has 19 heavy (non-hydrogen) atoms. The molecule has 0 fully saturated rings. The summed E-state index contributed by atoms with van der Waals surface area (Å²) in [5.41, 5.74) is 0.427. The van der Waals surface area contributed by atoms with Crippen molar-refractivity contribution >= 4 is 39.1 Å². The molecule has 1 atom stereocenters. The van der Waals surface area contributed by atoms with E-state index in [4.69, 9.17) is 0 Å². The molecule has 100 valence electrons. The molecule has 2 N–H and O–H groups in total. The van der Waals surface area contributed by atoms with Gasteiger partial charge in [0, 0.05) is 23.3 Å². The minimum Gasteiger partial charge on any atom is -0.479 e. The van der Waals surface area contributed by atoms with Gasteiger partial charge in [0.15, 0.2) is 6.04 Å². The van der Waals surface area contributed by atoms with Gasteiger partial charge in [-0.05, 0) is 27.4 Å². The lowest BCUT2D eigenvalue weighted by Crippen LogP contribution is -2.33. The molecule has 2 aromatic rings. The second-order valence-corrected chi connectivity index (χ2v) is 5.56. The Balaban J connectivity index is 2.21. The van der Waals surface area contributed by atoms with Crippen molar-refractivity contribution in [1.29, 1.82) is 0 Å². The molecular formula is C11H10BrN3O3S. The molecule has 0 spiro atoms. The molecule has 0 saturated carbocycles. The number of aryl methyl sites for hydroxylation is 1. The summed E-state index contributed by atoms with van der Waals surface area (Å²) in [6.07, 6.45) is 2.98. The van der Waals surface area contributed by atoms with Crippen LogP contribution < -0.4 is 5.32 Å². The molecule has 0 saturated heterocycles. The first kappa shape index (κ1) is 13.8. The average Bonchev–Trinajstić information content (AvgIpc) is 2.94. The lowest BCUT2D eigenvalue weighted by Gasteiger charge is -2.12. The minimum atomic E-state index is -1.13. The van der Waals surface area contributed by atoms with Crippen LogP contribution in [-0.2, 0) is 11.8 Å². The van der Waals surface area contributed by atoms with Crippen LogP contribution in [0.3, 0.4) is 0 Å². The van der Waals surface area contributed by atoms with E-state index < -0.39 is 17.9 Å². The standard InChI is InChI=1S/C11H10BrN3O3S/c1-15-5-6(4-13-15)8(11(17)18)14-10(16)9-7(12)2-3-19-9/h2-5,8H,1H3,(H,14,16)(H,17,18). The third-order valence-corrected chi connectivity index (χ3v) is 4.24. The van der Waals surface area contributed by atoms with Crippen molar-refractivity contribution in [2.45, 2.75) is 6.04 Å². The third kappa shape index (κ3) is 3.02. The van der Waals surface area contributed by atoms with Crippen molar-refractivity contribution in [3.8, 4) is 0 Å². The number of thiophene rings is 1. The van der Waals surface area contributed by atoms with Crippen LogP contribution in [0, 0.1) is 0 Å². The molecule has 1 unspecified atom stereocenters. The summed E-state index contributed by atoms with van der Waals surface area (Å²) in [4.78, 5) is 23.7. The summed E-state index contributed by atoms with van der Waals surface area (Å²) in [6, 6.07) is 0.620. The largest absolute Gasteiger partial charge is 0.479 e. The zero-order valence-electron chi connectivity index (χ0n) is 9.83. The van der Waals surface area contributed by atoms with E-state index in [0.717, 1.165) is 0 Å². The second kappa shape index (κ2) is 5.54. The Kier molecular flexibility index (Phi) is 4.01. The van der Waals surface area contributed by atoms with Gasteiger partial charge in [-0.15, -0.1) is 11.3 Å². The Morgan fingerprint density at radius 3 is 2.79 bits per heavy atom. The lowest BCUT2D eigenvalue weighted by molar-refractivity contribution is -0.139. The summed E-state index contributed by atoms with van der Waals surface area (Å²) < 4.78 is 2.13. The number of nitrogens with one attached hydrogen (secondary N) is 1. The SMILES string of the molecule is Cn1cc(C(NC(=O)c2sccc2Br)C(=O)O)cn1. The topological polar surface area (TPSA) is 84.2 Å². The molecule has 0 bridgehead atoms. The molecule has 0 aliphatic heterocycles. The summed E-state index contributed by atoms with van der Waals surface area (Å²) in [5, 5.41) is 17.3. The number of hydrogen-bond donors (Lipinski definition) is 2. The number of carbonyl (C=O) groups excluding carboxylic acids is 1. The molecule has 0 aliphatic rings. The van der Waals surface area contributed by atoms with Gasteiger partial charge in [-0.3, -0.25) is 9.48 Å². The smallest absolute Gasteiger partial charge is 0.331 e. The third-order valence-electron chi connectivity index (χ3n) is 2.40. The molecule has 2 heterocycles. The van der Waals surface area contributed by atoms with Crippen molar-refractivity contribution < 1.29 is 14.7 Å². The van der Waals surface area contributed by atoms with Crippen molar-refractivity contribution in [2.75, 3.05) is 0 Å². The molecule has 8 heteroatoms. The fourth-order valence-corrected chi connectivity index (χ4v) is 2.98. The second-order valence-electron chi connectivity index (χ2n) is 3.79. The molecule has 6 nitrogen and oxygen atoms in total. The first-order valence-electron chi connectivity index (χ1n) is 5.24. The summed E-state index contributed by atoms with van der Waals surface area (Å²) in [7, 11) is 1.68. The normalized spacial score (nSPS) is 12.1. The molecule has 0 radical (unpaired) electrons. The Bertz CT molecular complexity index is 622. The zero-order valence-corrected chi connectivity index (χ0v) is 12.2. The number of aliphatic carboxylic acids is 1. The Morgan fingerprint density at radius 1 is 1.58 bits per heavy atom. The fourth-order valence-electron chi connectivity index (χ4n) is 1.53. The van der Waals surface area contributed by atoms with E-state index in [-0.39, 0.29) is 0 Å². The quantitative estimate of drug-likeness (QED) is 0.886. The molecule has 0 aliphatic carbocycles. The first-order chi connectivity index (χ1) is 8.99. The highest BCUT2D eigenvalue weighted by molar-refractivity contribution is 9.10. The number of carboxylic acids is 1. The summed E-state index contributed by atoms with van der Waals surface area (Å²) in [6.45, 7) is 0. The van der Waals surface area contributed by atoms with E-state index in [2.05, 4.69) is 26.3 Å². The zero-order chi connectivity index (χ0) is 14.0. The van der Waals surface area contributed by atoms with E-state index >= 15 is 0 Å². The maximum Gasteiger partial charge on any atom is 0.331 e. The average molecular weight is 344 g/mol. The number of carboxylic acid groups (broad SMARTS) is 1. The van der Waals surface area contributed by atoms with E-state index in [0.29, 0.717) is 14.9 Å². The van der Waals surface area contributed by atoms with Gasteiger partial charge in [-0.25, -0.2) is 4.79 Å². The van der Waals surface area contributed by atoms with Gasteiger partial charge in [0.1, 0.15) is 4.88 Å². The van der Waals surface area contributed by atoms with Crippen molar-refractivity contribution in [1.82, 2.24) is 15.1 Å². The molecular weight excluding hydrogens is 334 g/mol. The van der Waals surface area contributed by atoms with Crippen LogP contribution in [-0.4, -0.2) is 26.8 Å². The van der Waals surface area contributed by atoms with Crippen molar-refractivity contribution in [3.63, 3.8) is 0 Å². The van der Waals surface area contributed by atoms with Crippen LogP contribution in [0.25, 0.3) is 0 Å². The maximum absolute atomic E-state index is 12.0. The highest BCUT2D eigenvalue weighted by Gasteiger charge is 2.25. The summed E-state index contributed by atoms with van der Waals surface area (Å²) >= 11 is 4.48. The van der Waals surface area contributed by atoms with Crippen LogP contribution >= 0.6 is 27.3 Å². The number of carbonyl (C=O) groups is 2. The number of aromatic nitrogens is 2. The number of nitrogens with zero attached hydrogens (tertiary/aromatic N) is 2.